The average Bonchev–Trinajstić information content (AvgIpc) is 2.25. The number of amides is 1. The maximum Gasteiger partial charge on any atom is 0.230 e. The van der Waals surface area contributed by atoms with Crippen LogP contribution in [0.5, 0.6) is 0 Å². The fourth-order valence-corrected chi connectivity index (χ4v) is 2.11. The lowest BCUT2D eigenvalue weighted by Gasteiger charge is -2.14. The minimum atomic E-state index is 0.136. The molecule has 0 fully saturated rings. The summed E-state index contributed by atoms with van der Waals surface area (Å²) in [6, 6.07) is 0.550. The van der Waals surface area contributed by atoms with E-state index in [0.717, 1.165) is 25.0 Å². The largest absolute Gasteiger partial charge is 0.353 e. The smallest absolute Gasteiger partial charge is 0.230 e. The molecule has 0 radical (unpaired) electrons. The number of carbonyl (C=O) groups is 1. The van der Waals surface area contributed by atoms with E-state index < -0.39 is 0 Å². The zero-order chi connectivity index (χ0) is 11.7. The number of nitrogens with one attached hydrogen (secondary N) is 1. The molecule has 0 saturated heterocycles. The summed E-state index contributed by atoms with van der Waals surface area (Å²) in [6.45, 7) is 6.25. The van der Waals surface area contributed by atoms with Gasteiger partial charge in [-0.2, -0.15) is 11.8 Å². The summed E-state index contributed by atoms with van der Waals surface area (Å²) in [5.74, 6) is 1.54. The van der Waals surface area contributed by atoms with Crippen molar-refractivity contribution in [2.24, 2.45) is 5.73 Å². The van der Waals surface area contributed by atoms with E-state index in [1.165, 1.54) is 0 Å². The van der Waals surface area contributed by atoms with Crippen molar-refractivity contribution >= 4 is 17.7 Å². The Morgan fingerprint density at radius 3 is 2.33 bits per heavy atom. The van der Waals surface area contributed by atoms with Crippen LogP contribution in [0.25, 0.3) is 0 Å². The minimum Gasteiger partial charge on any atom is -0.353 e. The minimum absolute atomic E-state index is 0.136. The number of hydrogen-bond donors (Lipinski definition) is 2. The van der Waals surface area contributed by atoms with E-state index >= 15 is 0 Å². The van der Waals surface area contributed by atoms with Gasteiger partial charge in [0.15, 0.2) is 0 Å². The summed E-state index contributed by atoms with van der Waals surface area (Å²) >= 11 is 1.62. The van der Waals surface area contributed by atoms with Crippen molar-refractivity contribution in [2.45, 2.75) is 52.1 Å². The van der Waals surface area contributed by atoms with Gasteiger partial charge in [0.2, 0.25) is 5.91 Å². The molecule has 3 nitrogen and oxygen atoms in total. The van der Waals surface area contributed by atoms with Crippen molar-refractivity contribution in [2.75, 3.05) is 11.5 Å². The Morgan fingerprint density at radius 2 is 1.87 bits per heavy atom. The molecule has 15 heavy (non-hydrogen) atoms. The molecular weight excluding hydrogens is 208 g/mol. The number of thioether (sulfide) groups is 1. The fourth-order valence-electron chi connectivity index (χ4n) is 1.18. The Balaban J connectivity index is 3.56. The lowest BCUT2D eigenvalue weighted by molar-refractivity contribution is -0.119. The van der Waals surface area contributed by atoms with E-state index in [2.05, 4.69) is 26.1 Å². The maximum absolute atomic E-state index is 11.5. The SMILES string of the molecule is CCC(N)CSCC(=O)NC(CC)CC. The number of nitrogens with two attached hydrogens (primary N) is 1. The number of rotatable bonds is 8. The summed E-state index contributed by atoms with van der Waals surface area (Å²) in [5.41, 5.74) is 5.76. The van der Waals surface area contributed by atoms with E-state index in [9.17, 15) is 4.79 Å². The first kappa shape index (κ1) is 14.8. The van der Waals surface area contributed by atoms with Crippen LogP contribution in [0.1, 0.15) is 40.0 Å². The van der Waals surface area contributed by atoms with Crippen molar-refractivity contribution in [1.29, 1.82) is 0 Å². The van der Waals surface area contributed by atoms with Crippen molar-refractivity contribution in [3.05, 3.63) is 0 Å². The molecule has 0 bridgehead atoms. The second-order valence-electron chi connectivity index (χ2n) is 3.76. The van der Waals surface area contributed by atoms with Gasteiger partial charge in [-0.05, 0) is 19.3 Å². The molecule has 0 aliphatic carbocycles. The molecule has 4 heteroatoms. The summed E-state index contributed by atoms with van der Waals surface area (Å²) in [6.07, 6.45) is 2.98. The first-order valence-electron chi connectivity index (χ1n) is 5.76. The van der Waals surface area contributed by atoms with Gasteiger partial charge in [-0.25, -0.2) is 0 Å². The van der Waals surface area contributed by atoms with E-state index in [4.69, 9.17) is 5.73 Å². The van der Waals surface area contributed by atoms with Crippen molar-refractivity contribution < 1.29 is 4.79 Å². The van der Waals surface area contributed by atoms with Gasteiger partial charge < -0.3 is 11.1 Å². The number of hydrogen-bond acceptors (Lipinski definition) is 3. The van der Waals surface area contributed by atoms with Crippen LogP contribution >= 0.6 is 11.8 Å². The molecule has 0 heterocycles. The van der Waals surface area contributed by atoms with Gasteiger partial charge in [0.05, 0.1) is 5.75 Å². The van der Waals surface area contributed by atoms with E-state index in [0.29, 0.717) is 11.8 Å². The third kappa shape index (κ3) is 7.68. The summed E-state index contributed by atoms with van der Waals surface area (Å²) in [4.78, 5) is 11.5. The van der Waals surface area contributed by atoms with E-state index in [1.54, 1.807) is 11.8 Å². The highest BCUT2D eigenvalue weighted by Gasteiger charge is 2.08. The average molecular weight is 232 g/mol. The van der Waals surface area contributed by atoms with Crippen molar-refractivity contribution in [1.82, 2.24) is 5.32 Å². The van der Waals surface area contributed by atoms with Crippen LogP contribution in [0.4, 0.5) is 0 Å². The molecule has 1 atom stereocenters. The quantitative estimate of drug-likeness (QED) is 0.670. The van der Waals surface area contributed by atoms with Gasteiger partial charge in [-0.15, -0.1) is 0 Å². The molecule has 0 saturated carbocycles. The second-order valence-corrected chi connectivity index (χ2v) is 4.79. The van der Waals surface area contributed by atoms with Gasteiger partial charge >= 0.3 is 0 Å². The molecule has 0 aliphatic rings. The summed E-state index contributed by atoms with van der Waals surface area (Å²) in [5, 5.41) is 3.01. The lowest BCUT2D eigenvalue weighted by atomic mass is 10.2. The normalized spacial score (nSPS) is 12.9. The monoisotopic (exact) mass is 232 g/mol. The van der Waals surface area contributed by atoms with Crippen LogP contribution in [0.15, 0.2) is 0 Å². The number of carbonyl (C=O) groups excluding carboxylic acids is 1. The fraction of sp³-hybridized carbons (Fsp3) is 0.909. The zero-order valence-corrected chi connectivity index (χ0v) is 10.9. The molecule has 0 rings (SSSR count). The Hall–Kier alpha value is -0.220. The molecule has 90 valence electrons. The standard InChI is InChI=1S/C11H24N2OS/c1-4-9(12)7-15-8-11(14)13-10(5-2)6-3/h9-10H,4-8,12H2,1-3H3,(H,13,14). The Kier molecular flexibility index (Phi) is 8.91. The van der Waals surface area contributed by atoms with E-state index in [-0.39, 0.29) is 11.9 Å². The highest BCUT2D eigenvalue weighted by molar-refractivity contribution is 7.99. The van der Waals surface area contributed by atoms with Gasteiger partial charge in [-0.1, -0.05) is 20.8 Å². The summed E-state index contributed by atoms with van der Waals surface area (Å²) in [7, 11) is 0. The highest BCUT2D eigenvalue weighted by Crippen LogP contribution is 2.04. The third-order valence-corrected chi connectivity index (χ3v) is 3.57. The van der Waals surface area contributed by atoms with Gasteiger partial charge in [0.25, 0.3) is 0 Å². The van der Waals surface area contributed by atoms with Crippen LogP contribution in [0.2, 0.25) is 0 Å². The van der Waals surface area contributed by atoms with Crippen LogP contribution in [0.3, 0.4) is 0 Å². The molecule has 0 spiro atoms. The molecule has 1 amide bonds. The topological polar surface area (TPSA) is 55.1 Å². The summed E-state index contributed by atoms with van der Waals surface area (Å²) < 4.78 is 0. The predicted octanol–water partition coefficient (Wildman–Crippen LogP) is 1.76. The second kappa shape index (κ2) is 9.04. The molecule has 0 aromatic carbocycles. The van der Waals surface area contributed by atoms with Crippen LogP contribution in [-0.2, 0) is 4.79 Å². The maximum atomic E-state index is 11.5. The highest BCUT2D eigenvalue weighted by atomic mass is 32.2. The lowest BCUT2D eigenvalue weighted by Crippen LogP contribution is -2.35. The third-order valence-electron chi connectivity index (χ3n) is 2.44. The van der Waals surface area contributed by atoms with E-state index in [1.807, 2.05) is 0 Å². The van der Waals surface area contributed by atoms with Gasteiger partial charge in [0, 0.05) is 17.8 Å². The molecule has 3 N–H and O–H groups in total. The molecule has 0 aliphatic heterocycles. The molecule has 0 aromatic rings. The first-order valence-corrected chi connectivity index (χ1v) is 6.92. The van der Waals surface area contributed by atoms with Crippen LogP contribution < -0.4 is 11.1 Å². The van der Waals surface area contributed by atoms with Crippen LogP contribution in [-0.4, -0.2) is 29.5 Å². The molecule has 0 aromatic heterocycles. The Bertz CT molecular complexity index is 172. The molecule has 1 unspecified atom stereocenters. The van der Waals surface area contributed by atoms with Crippen molar-refractivity contribution in [3.63, 3.8) is 0 Å². The zero-order valence-electron chi connectivity index (χ0n) is 10.1. The van der Waals surface area contributed by atoms with Crippen LogP contribution in [0, 0.1) is 0 Å². The Labute approximate surface area is 97.6 Å². The first-order chi connectivity index (χ1) is 7.13. The van der Waals surface area contributed by atoms with Crippen molar-refractivity contribution in [3.8, 4) is 0 Å². The Morgan fingerprint density at radius 1 is 1.27 bits per heavy atom. The predicted molar refractivity (Wildman–Crippen MR) is 68.1 cm³/mol. The molecular formula is C11H24N2OS. The van der Waals surface area contributed by atoms with Gasteiger partial charge in [0.1, 0.15) is 0 Å². The van der Waals surface area contributed by atoms with Gasteiger partial charge in [-0.3, -0.25) is 4.79 Å².